The molecule has 1 atom stereocenters. The number of halogens is 1. The number of nitrogens with zero attached hydrogens (tertiary/aromatic N) is 1. The molecule has 1 aromatic heterocycles. The Balaban J connectivity index is 0.00000280. The highest BCUT2D eigenvalue weighted by atomic mass is 127. The largest absolute Gasteiger partial charge is 0.492 e. The molecule has 1 aliphatic heterocycles. The summed E-state index contributed by atoms with van der Waals surface area (Å²) in [4.78, 5) is 4.43. The summed E-state index contributed by atoms with van der Waals surface area (Å²) < 4.78 is 21.6. The monoisotopic (exact) mass is 503 g/mol. The fraction of sp³-hybridized carbons (Fsp3) is 0.421. The topological polar surface area (TPSA) is 97.5 Å². The summed E-state index contributed by atoms with van der Waals surface area (Å²) in [6, 6.07) is 8.95. The van der Waals surface area contributed by atoms with Gasteiger partial charge in [-0.1, -0.05) is 0 Å². The molecule has 0 amide bonds. The number of ether oxygens (including phenoxy) is 3. The van der Waals surface area contributed by atoms with Crippen molar-refractivity contribution in [2.45, 2.75) is 19.4 Å². The molecule has 1 aliphatic rings. The summed E-state index contributed by atoms with van der Waals surface area (Å²) in [5.41, 5.74) is -1.17. The number of hydrogen-bond acceptors (Lipinski definition) is 6. The zero-order valence-electron chi connectivity index (χ0n) is 15.9. The van der Waals surface area contributed by atoms with Crippen LogP contribution in [-0.4, -0.2) is 44.1 Å². The Hall–Kier alpha value is -2.14. The normalized spacial score (nSPS) is 14.8. The minimum atomic E-state index is -1.17. The fourth-order valence-corrected chi connectivity index (χ4v) is 2.54. The van der Waals surface area contributed by atoms with Gasteiger partial charge in [0.15, 0.2) is 17.5 Å². The van der Waals surface area contributed by atoms with E-state index in [0.717, 1.165) is 5.75 Å². The van der Waals surface area contributed by atoms with E-state index in [1.165, 1.54) is 6.26 Å². The van der Waals surface area contributed by atoms with Crippen molar-refractivity contribution in [1.82, 2.24) is 10.6 Å². The first-order chi connectivity index (χ1) is 13.1. The second-order valence-corrected chi connectivity index (χ2v) is 6.24. The highest BCUT2D eigenvalue weighted by Crippen LogP contribution is 2.34. The highest BCUT2D eigenvalue weighted by molar-refractivity contribution is 14.0. The van der Waals surface area contributed by atoms with Crippen molar-refractivity contribution in [3.05, 3.63) is 42.4 Å². The third-order valence-corrected chi connectivity index (χ3v) is 3.95. The molecule has 0 saturated heterocycles. The van der Waals surface area contributed by atoms with Gasteiger partial charge < -0.3 is 34.4 Å². The minimum Gasteiger partial charge on any atom is -0.492 e. The zero-order chi connectivity index (χ0) is 19.1. The minimum absolute atomic E-state index is 0. The Morgan fingerprint density at radius 3 is 2.82 bits per heavy atom. The number of guanidine groups is 1. The molecule has 0 saturated carbocycles. The van der Waals surface area contributed by atoms with Crippen LogP contribution in [0.15, 0.2) is 46.0 Å². The van der Waals surface area contributed by atoms with Crippen molar-refractivity contribution in [2.24, 2.45) is 4.99 Å². The van der Waals surface area contributed by atoms with Crippen LogP contribution in [0.1, 0.15) is 19.6 Å². The van der Waals surface area contributed by atoms with Crippen molar-refractivity contribution < 1.29 is 23.7 Å². The van der Waals surface area contributed by atoms with Crippen LogP contribution in [0.2, 0.25) is 0 Å². The Kier molecular flexibility index (Phi) is 8.24. The molecule has 0 spiro atoms. The molecule has 28 heavy (non-hydrogen) atoms. The van der Waals surface area contributed by atoms with Gasteiger partial charge in [0, 0.05) is 12.6 Å². The van der Waals surface area contributed by atoms with Gasteiger partial charge in [0.25, 0.3) is 0 Å². The highest BCUT2D eigenvalue weighted by Gasteiger charge is 2.26. The molecule has 0 radical (unpaired) electrons. The lowest BCUT2D eigenvalue weighted by Gasteiger charge is -2.19. The van der Waals surface area contributed by atoms with E-state index >= 15 is 0 Å². The first-order valence-corrected chi connectivity index (χ1v) is 8.89. The summed E-state index contributed by atoms with van der Waals surface area (Å²) in [6.07, 6.45) is 1.53. The molecule has 154 valence electrons. The number of aliphatic hydroxyl groups is 1. The van der Waals surface area contributed by atoms with Crippen molar-refractivity contribution in [2.75, 3.05) is 33.0 Å². The molecule has 3 rings (SSSR count). The molecule has 2 heterocycles. The second kappa shape index (κ2) is 10.4. The van der Waals surface area contributed by atoms with Crippen LogP contribution in [-0.2, 0) is 5.60 Å². The number of furan rings is 1. The molecule has 2 aromatic rings. The lowest BCUT2D eigenvalue weighted by Crippen LogP contribution is -2.40. The number of hydrogen-bond donors (Lipinski definition) is 3. The SMILES string of the molecule is CCNC(=NCC(C)(O)c1ccco1)NCCOc1ccc2c(c1)OCO2.I. The molecular weight excluding hydrogens is 477 g/mol. The maximum Gasteiger partial charge on any atom is 0.231 e. The van der Waals surface area contributed by atoms with Crippen LogP contribution in [0, 0.1) is 0 Å². The van der Waals surface area contributed by atoms with E-state index in [-0.39, 0.29) is 37.3 Å². The average Bonchev–Trinajstić information content (AvgIpc) is 3.34. The summed E-state index contributed by atoms with van der Waals surface area (Å²) >= 11 is 0. The van der Waals surface area contributed by atoms with E-state index in [0.29, 0.717) is 42.9 Å². The molecule has 9 heteroatoms. The van der Waals surface area contributed by atoms with Crippen molar-refractivity contribution in [3.63, 3.8) is 0 Å². The van der Waals surface area contributed by atoms with Crippen LogP contribution >= 0.6 is 24.0 Å². The predicted octanol–water partition coefficient (Wildman–Crippen LogP) is 2.47. The summed E-state index contributed by atoms with van der Waals surface area (Å²) in [5, 5.41) is 16.8. The first-order valence-electron chi connectivity index (χ1n) is 8.89. The van der Waals surface area contributed by atoms with Crippen molar-refractivity contribution in [1.29, 1.82) is 0 Å². The van der Waals surface area contributed by atoms with E-state index in [2.05, 4.69) is 15.6 Å². The smallest absolute Gasteiger partial charge is 0.231 e. The van der Waals surface area contributed by atoms with E-state index < -0.39 is 5.60 Å². The molecule has 1 unspecified atom stereocenters. The van der Waals surface area contributed by atoms with Crippen molar-refractivity contribution >= 4 is 29.9 Å². The summed E-state index contributed by atoms with van der Waals surface area (Å²) in [6.45, 7) is 5.75. The van der Waals surface area contributed by atoms with E-state index in [1.54, 1.807) is 19.1 Å². The Morgan fingerprint density at radius 2 is 2.07 bits per heavy atom. The van der Waals surface area contributed by atoms with E-state index in [4.69, 9.17) is 18.6 Å². The standard InChI is InChI=1S/C19H25N3O5.HI/c1-3-20-18(22-12-19(2,23)17-5-4-9-25-17)21-8-10-24-14-6-7-15-16(11-14)27-13-26-15;/h4-7,9,11,23H,3,8,10,12-13H2,1-2H3,(H2,20,21,22);1H. The van der Waals surface area contributed by atoms with Gasteiger partial charge in [-0.2, -0.15) is 0 Å². The number of aliphatic imine (C=N–C) groups is 1. The van der Waals surface area contributed by atoms with Gasteiger partial charge in [0.05, 0.1) is 19.4 Å². The maximum absolute atomic E-state index is 10.5. The third-order valence-electron chi connectivity index (χ3n) is 3.95. The lowest BCUT2D eigenvalue weighted by atomic mass is 10.0. The second-order valence-electron chi connectivity index (χ2n) is 6.24. The van der Waals surface area contributed by atoms with Gasteiger partial charge in [-0.15, -0.1) is 24.0 Å². The van der Waals surface area contributed by atoms with Gasteiger partial charge >= 0.3 is 0 Å². The van der Waals surface area contributed by atoms with E-state index in [9.17, 15) is 5.11 Å². The van der Waals surface area contributed by atoms with Gasteiger partial charge in [0.2, 0.25) is 6.79 Å². The third kappa shape index (κ3) is 5.93. The molecular formula is C19H26IN3O5. The molecule has 8 nitrogen and oxygen atoms in total. The molecule has 0 bridgehead atoms. The number of rotatable bonds is 8. The van der Waals surface area contributed by atoms with E-state index in [1.807, 2.05) is 25.1 Å². The Morgan fingerprint density at radius 1 is 1.25 bits per heavy atom. The van der Waals surface area contributed by atoms with Gasteiger partial charge in [-0.3, -0.25) is 0 Å². The first kappa shape index (κ1) is 22.2. The van der Waals surface area contributed by atoms with Crippen LogP contribution < -0.4 is 24.8 Å². The summed E-state index contributed by atoms with van der Waals surface area (Å²) in [7, 11) is 0. The van der Waals surface area contributed by atoms with Crippen LogP contribution in [0.3, 0.4) is 0 Å². The lowest BCUT2D eigenvalue weighted by molar-refractivity contribution is 0.0437. The van der Waals surface area contributed by atoms with Gasteiger partial charge in [0.1, 0.15) is 23.7 Å². The zero-order valence-corrected chi connectivity index (χ0v) is 18.3. The molecule has 0 fully saturated rings. The number of nitrogens with one attached hydrogen (secondary N) is 2. The maximum atomic E-state index is 10.5. The van der Waals surface area contributed by atoms with Crippen LogP contribution in [0.25, 0.3) is 0 Å². The quantitative estimate of drug-likeness (QED) is 0.221. The Bertz CT molecular complexity index is 765. The number of fused-ring (bicyclic) bond motifs is 1. The van der Waals surface area contributed by atoms with Crippen LogP contribution in [0.4, 0.5) is 0 Å². The molecule has 3 N–H and O–H groups in total. The average molecular weight is 503 g/mol. The van der Waals surface area contributed by atoms with Crippen LogP contribution in [0.5, 0.6) is 17.2 Å². The van der Waals surface area contributed by atoms with Gasteiger partial charge in [-0.25, -0.2) is 4.99 Å². The molecule has 1 aromatic carbocycles. The predicted molar refractivity (Wildman–Crippen MR) is 116 cm³/mol. The Labute approximate surface area is 181 Å². The molecule has 0 aliphatic carbocycles. The van der Waals surface area contributed by atoms with Gasteiger partial charge in [-0.05, 0) is 38.1 Å². The summed E-state index contributed by atoms with van der Waals surface area (Å²) in [5.74, 6) is 3.21. The number of benzene rings is 1. The van der Waals surface area contributed by atoms with Crippen molar-refractivity contribution in [3.8, 4) is 17.2 Å². The fourth-order valence-electron chi connectivity index (χ4n) is 2.54.